The lowest BCUT2D eigenvalue weighted by Crippen LogP contribution is -2.38. The lowest BCUT2D eigenvalue weighted by atomic mass is 9.89. The van der Waals surface area contributed by atoms with Crippen molar-refractivity contribution >= 4 is 35.2 Å². The molecule has 7 heteroatoms. The van der Waals surface area contributed by atoms with Crippen molar-refractivity contribution in [1.82, 2.24) is 5.32 Å². The maximum absolute atomic E-state index is 11.7. The van der Waals surface area contributed by atoms with Crippen molar-refractivity contribution < 1.29 is 19.5 Å². The summed E-state index contributed by atoms with van der Waals surface area (Å²) in [5, 5.41) is 13.8. The van der Waals surface area contributed by atoms with Crippen molar-refractivity contribution in [3.8, 4) is 0 Å². The topological polar surface area (TPSA) is 95.5 Å². The number of amides is 3. The van der Waals surface area contributed by atoms with Crippen LogP contribution in [0.1, 0.15) is 25.8 Å². The van der Waals surface area contributed by atoms with E-state index in [1.807, 2.05) is 0 Å². The summed E-state index contributed by atoms with van der Waals surface area (Å²) in [6, 6.07) is 4.36. The Morgan fingerprint density at radius 3 is 2.43 bits per heavy atom. The van der Waals surface area contributed by atoms with Gasteiger partial charge >= 0.3 is 12.0 Å². The average molecular weight is 313 g/mol. The zero-order valence-corrected chi connectivity index (χ0v) is 12.7. The van der Waals surface area contributed by atoms with Crippen molar-refractivity contribution in [1.29, 1.82) is 0 Å². The summed E-state index contributed by atoms with van der Waals surface area (Å²) in [4.78, 5) is 34.3. The molecule has 0 saturated heterocycles. The van der Waals surface area contributed by atoms with E-state index in [0.717, 1.165) is 5.56 Å². The van der Waals surface area contributed by atoms with E-state index in [1.165, 1.54) is 13.8 Å². The quantitative estimate of drug-likeness (QED) is 0.796. The standard InChI is InChI=1S/C14H17ClN2O4/c1-8-5-4-6-9(15)11(8)17-13(21)16-10(18)7-14(2,3)12(19)20/h4-6H,7H2,1-3H3,(H,19,20)(H2,16,17,18,21). The number of para-hydroxylation sites is 1. The molecular formula is C14H17ClN2O4. The number of benzene rings is 1. The van der Waals surface area contributed by atoms with Gasteiger partial charge in [-0.25, -0.2) is 4.79 Å². The molecule has 0 saturated carbocycles. The fraction of sp³-hybridized carbons (Fsp3) is 0.357. The summed E-state index contributed by atoms with van der Waals surface area (Å²) in [6.45, 7) is 4.58. The molecule has 3 N–H and O–H groups in total. The van der Waals surface area contributed by atoms with Crippen molar-refractivity contribution in [2.45, 2.75) is 27.2 Å². The molecule has 0 unspecified atom stereocenters. The highest BCUT2D eigenvalue weighted by atomic mass is 35.5. The fourth-order valence-corrected chi connectivity index (χ4v) is 1.85. The molecule has 114 valence electrons. The van der Waals surface area contributed by atoms with Crippen molar-refractivity contribution in [3.63, 3.8) is 0 Å². The molecular weight excluding hydrogens is 296 g/mol. The Kier molecular flexibility index (Phi) is 5.32. The van der Waals surface area contributed by atoms with Crippen LogP contribution in [-0.2, 0) is 9.59 Å². The second-order valence-corrected chi connectivity index (χ2v) is 5.71. The summed E-state index contributed by atoms with van der Waals surface area (Å²) < 4.78 is 0. The summed E-state index contributed by atoms with van der Waals surface area (Å²) in [7, 11) is 0. The van der Waals surface area contributed by atoms with Crippen molar-refractivity contribution in [3.05, 3.63) is 28.8 Å². The van der Waals surface area contributed by atoms with Crippen LogP contribution in [0.5, 0.6) is 0 Å². The fourth-order valence-electron chi connectivity index (χ4n) is 1.58. The number of aryl methyl sites for hydroxylation is 1. The molecule has 0 atom stereocenters. The highest BCUT2D eigenvalue weighted by Crippen LogP contribution is 2.25. The third-order valence-electron chi connectivity index (χ3n) is 2.89. The number of anilines is 1. The third-order valence-corrected chi connectivity index (χ3v) is 3.21. The molecule has 0 bridgehead atoms. The zero-order chi connectivity index (χ0) is 16.2. The minimum absolute atomic E-state index is 0.308. The van der Waals surface area contributed by atoms with E-state index in [1.54, 1.807) is 25.1 Å². The lowest BCUT2D eigenvalue weighted by molar-refractivity contribution is -0.149. The first-order chi connectivity index (χ1) is 9.63. The van der Waals surface area contributed by atoms with Crippen LogP contribution < -0.4 is 10.6 Å². The van der Waals surface area contributed by atoms with Gasteiger partial charge in [0.1, 0.15) is 0 Å². The molecule has 1 aromatic rings. The normalized spacial score (nSPS) is 10.9. The maximum Gasteiger partial charge on any atom is 0.325 e. The number of hydrogen-bond donors (Lipinski definition) is 3. The first kappa shape index (κ1) is 17.0. The van der Waals surface area contributed by atoms with E-state index in [9.17, 15) is 14.4 Å². The molecule has 0 radical (unpaired) electrons. The molecule has 1 rings (SSSR count). The number of halogens is 1. The molecule has 0 aliphatic rings. The van der Waals surface area contributed by atoms with Crippen LogP contribution in [0.2, 0.25) is 5.02 Å². The van der Waals surface area contributed by atoms with Crippen LogP contribution >= 0.6 is 11.6 Å². The summed E-state index contributed by atoms with van der Waals surface area (Å²) in [6.07, 6.45) is -0.308. The SMILES string of the molecule is Cc1cccc(Cl)c1NC(=O)NC(=O)CC(C)(C)C(=O)O. The van der Waals surface area contributed by atoms with Gasteiger partial charge < -0.3 is 10.4 Å². The highest BCUT2D eigenvalue weighted by Gasteiger charge is 2.30. The largest absolute Gasteiger partial charge is 0.481 e. The highest BCUT2D eigenvalue weighted by molar-refractivity contribution is 6.34. The van der Waals surface area contributed by atoms with Gasteiger partial charge in [-0.15, -0.1) is 0 Å². The number of nitrogens with one attached hydrogen (secondary N) is 2. The number of rotatable bonds is 4. The molecule has 3 amide bonds. The lowest BCUT2D eigenvalue weighted by Gasteiger charge is -2.18. The summed E-state index contributed by atoms with van der Waals surface area (Å²) in [5.74, 6) is -1.79. The Balaban J connectivity index is 2.66. The maximum atomic E-state index is 11.7. The van der Waals surface area contributed by atoms with E-state index in [2.05, 4.69) is 10.6 Å². The van der Waals surface area contributed by atoms with Crippen molar-refractivity contribution in [2.75, 3.05) is 5.32 Å². The smallest absolute Gasteiger partial charge is 0.325 e. The van der Waals surface area contributed by atoms with Gasteiger partial charge in [-0.2, -0.15) is 0 Å². The van der Waals surface area contributed by atoms with Gasteiger partial charge in [0, 0.05) is 6.42 Å². The minimum Gasteiger partial charge on any atom is -0.481 e. The van der Waals surface area contributed by atoms with Gasteiger partial charge in [0.25, 0.3) is 0 Å². The molecule has 1 aromatic carbocycles. The third kappa shape index (κ3) is 4.75. The van der Waals surface area contributed by atoms with Gasteiger partial charge in [0.2, 0.25) is 5.91 Å². The summed E-state index contributed by atoms with van der Waals surface area (Å²) in [5.41, 5.74) is -0.0945. The van der Waals surface area contributed by atoms with Crippen LogP contribution in [-0.4, -0.2) is 23.0 Å². The van der Waals surface area contributed by atoms with Crippen LogP contribution in [0, 0.1) is 12.3 Å². The van der Waals surface area contributed by atoms with Gasteiger partial charge in [0.15, 0.2) is 0 Å². The predicted octanol–water partition coefficient (Wildman–Crippen LogP) is 2.80. The minimum atomic E-state index is -1.25. The molecule has 0 fully saturated rings. The van der Waals surface area contributed by atoms with E-state index in [4.69, 9.17) is 16.7 Å². The molecule has 21 heavy (non-hydrogen) atoms. The molecule has 0 aliphatic carbocycles. The number of imide groups is 1. The number of carbonyl (C=O) groups excluding carboxylic acids is 2. The molecule has 6 nitrogen and oxygen atoms in total. The number of carboxylic acids is 1. The zero-order valence-electron chi connectivity index (χ0n) is 12.0. The first-order valence-electron chi connectivity index (χ1n) is 6.23. The van der Waals surface area contributed by atoms with E-state index >= 15 is 0 Å². The Bertz CT molecular complexity index is 564. The average Bonchev–Trinajstić information content (AvgIpc) is 2.32. The Morgan fingerprint density at radius 2 is 1.90 bits per heavy atom. The van der Waals surface area contributed by atoms with Crippen LogP contribution in [0.4, 0.5) is 10.5 Å². The second-order valence-electron chi connectivity index (χ2n) is 5.30. The van der Waals surface area contributed by atoms with Gasteiger partial charge in [-0.3, -0.25) is 14.9 Å². The summed E-state index contributed by atoms with van der Waals surface area (Å²) >= 11 is 5.95. The van der Waals surface area contributed by atoms with Crippen LogP contribution in [0.3, 0.4) is 0 Å². The monoisotopic (exact) mass is 312 g/mol. The van der Waals surface area contributed by atoms with Crippen LogP contribution in [0.15, 0.2) is 18.2 Å². The Hall–Kier alpha value is -2.08. The van der Waals surface area contributed by atoms with Gasteiger partial charge in [0.05, 0.1) is 16.1 Å². The first-order valence-corrected chi connectivity index (χ1v) is 6.60. The second kappa shape index (κ2) is 6.58. The Labute approximate surface area is 127 Å². The number of hydrogen-bond acceptors (Lipinski definition) is 3. The van der Waals surface area contributed by atoms with Crippen molar-refractivity contribution in [2.24, 2.45) is 5.41 Å². The van der Waals surface area contributed by atoms with Crippen LogP contribution in [0.25, 0.3) is 0 Å². The van der Waals surface area contributed by atoms with E-state index < -0.39 is 23.3 Å². The molecule has 0 aromatic heterocycles. The molecule has 0 heterocycles. The number of carbonyl (C=O) groups is 3. The Morgan fingerprint density at radius 1 is 1.29 bits per heavy atom. The number of carboxylic acid groups (broad SMARTS) is 1. The van der Waals surface area contributed by atoms with Gasteiger partial charge in [-0.1, -0.05) is 23.7 Å². The molecule has 0 aliphatic heterocycles. The van der Waals surface area contributed by atoms with E-state index in [-0.39, 0.29) is 6.42 Å². The molecule has 0 spiro atoms. The number of urea groups is 1. The number of aliphatic carboxylic acids is 1. The van der Waals surface area contributed by atoms with E-state index in [0.29, 0.717) is 10.7 Å². The van der Waals surface area contributed by atoms with Gasteiger partial charge in [-0.05, 0) is 32.4 Å². The predicted molar refractivity (Wildman–Crippen MR) is 79.4 cm³/mol.